The largest absolute Gasteiger partial charge is 0.466 e. The molecule has 1 aliphatic rings. The number of amides is 6. The Hall–Kier alpha value is -2.84. The van der Waals surface area contributed by atoms with Crippen LogP contribution in [0.15, 0.2) is 22.8 Å². The van der Waals surface area contributed by atoms with Crippen molar-refractivity contribution in [3.63, 3.8) is 0 Å². The average Bonchev–Trinajstić information content (AvgIpc) is 3.03. The number of nitrogens with zero attached hydrogens (tertiary/aromatic N) is 1. The van der Waals surface area contributed by atoms with Gasteiger partial charge in [-0.3, -0.25) is 19.8 Å². The van der Waals surface area contributed by atoms with Crippen molar-refractivity contribution in [3.8, 4) is 0 Å². The van der Waals surface area contributed by atoms with E-state index in [2.05, 4.69) is 10.6 Å². The SMILES string of the molecule is CNC(=O)NC(=O)CN1C(=O)NC(C)(c2ccco2)C1=O. The van der Waals surface area contributed by atoms with Gasteiger partial charge >= 0.3 is 12.1 Å². The zero-order valence-electron chi connectivity index (χ0n) is 11.4. The van der Waals surface area contributed by atoms with Gasteiger partial charge in [0.05, 0.1) is 6.26 Å². The first-order chi connectivity index (χ1) is 9.88. The van der Waals surface area contributed by atoms with Gasteiger partial charge < -0.3 is 15.1 Å². The van der Waals surface area contributed by atoms with Gasteiger partial charge in [-0.15, -0.1) is 0 Å². The third-order valence-corrected chi connectivity index (χ3v) is 3.07. The molecule has 1 aromatic rings. The summed E-state index contributed by atoms with van der Waals surface area (Å²) in [6.07, 6.45) is 1.38. The molecule has 1 saturated heterocycles. The fraction of sp³-hybridized carbons (Fsp3) is 0.333. The molecule has 9 nitrogen and oxygen atoms in total. The summed E-state index contributed by atoms with van der Waals surface area (Å²) in [6.45, 7) is 0.914. The van der Waals surface area contributed by atoms with Crippen LogP contribution in [0.25, 0.3) is 0 Å². The molecule has 0 radical (unpaired) electrons. The van der Waals surface area contributed by atoms with Crippen LogP contribution in [0.2, 0.25) is 0 Å². The first-order valence-electron chi connectivity index (χ1n) is 6.08. The molecule has 112 valence electrons. The van der Waals surface area contributed by atoms with Crippen LogP contribution < -0.4 is 16.0 Å². The molecule has 1 fully saturated rings. The van der Waals surface area contributed by atoms with E-state index in [-0.39, 0.29) is 5.76 Å². The molecule has 0 saturated carbocycles. The molecule has 1 atom stereocenters. The smallest absolute Gasteiger partial charge is 0.325 e. The Morgan fingerprint density at radius 1 is 1.43 bits per heavy atom. The molecule has 3 N–H and O–H groups in total. The molecule has 2 rings (SSSR count). The molecular weight excluding hydrogens is 280 g/mol. The van der Waals surface area contributed by atoms with Crippen LogP contribution in [0.3, 0.4) is 0 Å². The van der Waals surface area contributed by atoms with Crippen LogP contribution in [-0.4, -0.2) is 42.4 Å². The summed E-state index contributed by atoms with van der Waals surface area (Å²) in [4.78, 5) is 47.5. The number of urea groups is 2. The predicted molar refractivity (Wildman–Crippen MR) is 68.9 cm³/mol. The molecular formula is C12H14N4O5. The van der Waals surface area contributed by atoms with Crippen LogP contribution in [0.5, 0.6) is 0 Å². The fourth-order valence-corrected chi connectivity index (χ4v) is 1.94. The maximum Gasteiger partial charge on any atom is 0.325 e. The van der Waals surface area contributed by atoms with Gasteiger partial charge in [0.25, 0.3) is 5.91 Å². The lowest BCUT2D eigenvalue weighted by molar-refractivity contribution is -0.135. The Labute approximate surface area is 119 Å². The maximum absolute atomic E-state index is 12.3. The molecule has 0 spiro atoms. The Morgan fingerprint density at radius 2 is 2.14 bits per heavy atom. The van der Waals surface area contributed by atoms with Gasteiger partial charge in [0, 0.05) is 7.05 Å². The highest BCUT2D eigenvalue weighted by Gasteiger charge is 2.51. The summed E-state index contributed by atoms with van der Waals surface area (Å²) in [5, 5.41) is 6.63. The fourth-order valence-electron chi connectivity index (χ4n) is 1.94. The Kier molecular flexibility index (Phi) is 3.66. The van der Waals surface area contributed by atoms with E-state index in [4.69, 9.17) is 4.42 Å². The topological polar surface area (TPSA) is 121 Å². The zero-order valence-corrected chi connectivity index (χ0v) is 11.4. The van der Waals surface area contributed by atoms with Gasteiger partial charge in [-0.05, 0) is 19.1 Å². The van der Waals surface area contributed by atoms with Gasteiger partial charge in [0.1, 0.15) is 12.3 Å². The highest BCUT2D eigenvalue weighted by molar-refractivity contribution is 6.09. The van der Waals surface area contributed by atoms with Crippen LogP contribution in [0, 0.1) is 0 Å². The van der Waals surface area contributed by atoms with Gasteiger partial charge in [-0.25, -0.2) is 9.59 Å². The van der Waals surface area contributed by atoms with Crippen LogP contribution in [0.1, 0.15) is 12.7 Å². The summed E-state index contributed by atoms with van der Waals surface area (Å²) in [5.74, 6) is -1.15. The van der Waals surface area contributed by atoms with Crippen molar-refractivity contribution in [1.29, 1.82) is 0 Å². The molecule has 1 aromatic heterocycles. The number of imide groups is 2. The molecule has 0 aromatic carbocycles. The lowest BCUT2D eigenvalue weighted by atomic mass is 9.99. The van der Waals surface area contributed by atoms with Gasteiger partial charge in [0.2, 0.25) is 5.91 Å². The first-order valence-corrected chi connectivity index (χ1v) is 6.08. The van der Waals surface area contributed by atoms with Crippen LogP contribution in [-0.2, 0) is 15.1 Å². The molecule has 1 unspecified atom stereocenters. The average molecular weight is 294 g/mol. The van der Waals surface area contributed by atoms with Crippen LogP contribution in [0.4, 0.5) is 9.59 Å². The lowest BCUT2D eigenvalue weighted by Crippen LogP contribution is -2.46. The number of carbonyl (C=O) groups excluding carboxylic acids is 4. The maximum atomic E-state index is 12.3. The van der Waals surface area contributed by atoms with Crippen LogP contribution >= 0.6 is 0 Å². The van der Waals surface area contributed by atoms with Crippen molar-refractivity contribution in [3.05, 3.63) is 24.2 Å². The number of hydrogen-bond donors (Lipinski definition) is 3. The summed E-state index contributed by atoms with van der Waals surface area (Å²) in [7, 11) is 1.34. The molecule has 0 bridgehead atoms. The molecule has 21 heavy (non-hydrogen) atoms. The highest BCUT2D eigenvalue weighted by Crippen LogP contribution is 2.28. The molecule has 9 heteroatoms. The van der Waals surface area contributed by atoms with Crippen molar-refractivity contribution in [2.75, 3.05) is 13.6 Å². The van der Waals surface area contributed by atoms with E-state index in [0.29, 0.717) is 0 Å². The van der Waals surface area contributed by atoms with Crippen molar-refractivity contribution >= 4 is 23.9 Å². The van der Waals surface area contributed by atoms with Gasteiger partial charge in [-0.2, -0.15) is 0 Å². The monoisotopic (exact) mass is 294 g/mol. The minimum atomic E-state index is -1.37. The zero-order chi connectivity index (χ0) is 15.6. The third kappa shape index (κ3) is 2.57. The Bertz CT molecular complexity index is 597. The van der Waals surface area contributed by atoms with E-state index >= 15 is 0 Å². The summed E-state index contributed by atoms with van der Waals surface area (Å²) in [5.41, 5.74) is -1.37. The quantitative estimate of drug-likeness (QED) is 0.649. The molecule has 6 amide bonds. The second-order valence-electron chi connectivity index (χ2n) is 4.55. The van der Waals surface area contributed by atoms with Crippen molar-refractivity contribution in [2.45, 2.75) is 12.5 Å². The minimum absolute atomic E-state index is 0.259. The van der Waals surface area contributed by atoms with E-state index in [1.807, 2.05) is 5.32 Å². The van der Waals surface area contributed by atoms with Crippen molar-refractivity contribution < 1.29 is 23.6 Å². The van der Waals surface area contributed by atoms with E-state index in [1.54, 1.807) is 12.1 Å². The van der Waals surface area contributed by atoms with Crippen molar-refractivity contribution in [1.82, 2.24) is 20.9 Å². The lowest BCUT2D eigenvalue weighted by Gasteiger charge is -2.18. The van der Waals surface area contributed by atoms with E-state index in [1.165, 1.54) is 20.2 Å². The number of hydrogen-bond acceptors (Lipinski definition) is 5. The predicted octanol–water partition coefficient (Wildman–Crippen LogP) is -0.498. The Morgan fingerprint density at radius 3 is 2.71 bits per heavy atom. The summed E-state index contributed by atoms with van der Waals surface area (Å²) in [6, 6.07) is 1.68. The third-order valence-electron chi connectivity index (χ3n) is 3.07. The number of carbonyl (C=O) groups is 4. The van der Waals surface area contributed by atoms with E-state index < -0.39 is 36.0 Å². The van der Waals surface area contributed by atoms with E-state index in [0.717, 1.165) is 4.90 Å². The normalized spacial score (nSPS) is 21.1. The standard InChI is InChI=1S/C12H14N4O5/c1-12(7-4-3-5-21-7)9(18)16(11(20)15-12)6-8(17)14-10(19)13-2/h3-5H,6H2,1-2H3,(H,15,20)(H2,13,14,17,19). The van der Waals surface area contributed by atoms with E-state index in [9.17, 15) is 19.2 Å². The minimum Gasteiger partial charge on any atom is -0.466 e. The Balaban J connectivity index is 2.12. The molecule has 1 aliphatic heterocycles. The number of nitrogens with one attached hydrogen (secondary N) is 3. The number of furan rings is 1. The first kappa shape index (κ1) is 14.6. The summed E-state index contributed by atoms with van der Waals surface area (Å²) >= 11 is 0. The summed E-state index contributed by atoms with van der Waals surface area (Å²) < 4.78 is 5.15. The highest BCUT2D eigenvalue weighted by atomic mass is 16.3. The molecule has 2 heterocycles. The van der Waals surface area contributed by atoms with Gasteiger partial charge in [-0.1, -0.05) is 0 Å². The second kappa shape index (κ2) is 5.27. The second-order valence-corrected chi connectivity index (χ2v) is 4.55. The van der Waals surface area contributed by atoms with Crippen molar-refractivity contribution in [2.24, 2.45) is 0 Å². The van der Waals surface area contributed by atoms with Gasteiger partial charge in [0.15, 0.2) is 5.54 Å². The molecule has 0 aliphatic carbocycles. The number of rotatable bonds is 3.